The Labute approximate surface area is 160 Å². The second kappa shape index (κ2) is 8.05. The van der Waals surface area contributed by atoms with Gasteiger partial charge in [0, 0.05) is 22.4 Å². The molecule has 2 aromatic carbocycles. The first kappa shape index (κ1) is 18.7. The van der Waals surface area contributed by atoms with E-state index in [1.165, 1.54) is 0 Å². The molecule has 0 bridgehead atoms. The molecule has 3 rings (SSSR count). The van der Waals surface area contributed by atoms with Crippen LogP contribution in [0.2, 0.25) is 0 Å². The van der Waals surface area contributed by atoms with Gasteiger partial charge in [0.1, 0.15) is 0 Å². The van der Waals surface area contributed by atoms with Crippen LogP contribution >= 0.6 is 0 Å². The lowest BCUT2D eigenvalue weighted by atomic mass is 9.98. The molecule has 0 N–H and O–H groups in total. The highest BCUT2D eigenvalue weighted by atomic mass is 16.1. The topological polar surface area (TPSA) is 45.8 Å². The number of aromatic nitrogens is 1. The molecule has 0 amide bonds. The second-order valence-electron chi connectivity index (χ2n) is 6.86. The molecule has 0 unspecified atom stereocenters. The lowest BCUT2D eigenvalue weighted by molar-refractivity contribution is 0.740. The van der Waals surface area contributed by atoms with E-state index in [9.17, 15) is 10.1 Å². The summed E-state index contributed by atoms with van der Waals surface area (Å²) in [5.41, 5.74) is 6.02. The van der Waals surface area contributed by atoms with E-state index in [4.69, 9.17) is 0 Å². The van der Waals surface area contributed by atoms with Crippen molar-refractivity contribution in [2.45, 2.75) is 40.0 Å². The van der Waals surface area contributed by atoms with E-state index in [1.807, 2.05) is 66.9 Å². The molecule has 27 heavy (non-hydrogen) atoms. The number of unbranched alkanes of at least 4 members (excludes halogenated alkanes) is 1. The maximum atomic E-state index is 13.2. The van der Waals surface area contributed by atoms with Crippen LogP contribution in [0.25, 0.3) is 16.8 Å². The summed E-state index contributed by atoms with van der Waals surface area (Å²) >= 11 is 0. The van der Waals surface area contributed by atoms with E-state index in [2.05, 4.69) is 19.1 Å². The van der Waals surface area contributed by atoms with Crippen LogP contribution < -0.4 is 5.56 Å². The van der Waals surface area contributed by atoms with Gasteiger partial charge in [-0.2, -0.15) is 5.26 Å². The van der Waals surface area contributed by atoms with Gasteiger partial charge in [-0.25, -0.2) is 0 Å². The second-order valence-corrected chi connectivity index (χ2v) is 6.86. The average Bonchev–Trinajstić information content (AvgIpc) is 2.70. The summed E-state index contributed by atoms with van der Waals surface area (Å²) in [6.07, 6.45) is 2.94. The van der Waals surface area contributed by atoms with Gasteiger partial charge in [-0.15, -0.1) is 0 Å². The van der Waals surface area contributed by atoms with Crippen LogP contribution in [0.1, 0.15) is 42.1 Å². The van der Waals surface area contributed by atoms with Gasteiger partial charge >= 0.3 is 0 Å². The maximum Gasteiger partial charge on any atom is 0.258 e. The van der Waals surface area contributed by atoms with Crippen LogP contribution in [0, 0.1) is 25.2 Å². The fourth-order valence-electron chi connectivity index (χ4n) is 3.41. The molecular formula is C24H24N2O. The molecule has 3 nitrogen and oxygen atoms in total. The summed E-state index contributed by atoms with van der Waals surface area (Å²) in [4.78, 5) is 13.2. The van der Waals surface area contributed by atoms with Crippen LogP contribution in [0.5, 0.6) is 0 Å². The van der Waals surface area contributed by atoms with E-state index >= 15 is 0 Å². The normalized spacial score (nSPS) is 10.6. The van der Waals surface area contributed by atoms with Crippen LogP contribution in [-0.2, 0) is 6.42 Å². The van der Waals surface area contributed by atoms with Crippen molar-refractivity contribution >= 4 is 0 Å². The van der Waals surface area contributed by atoms with Crippen LogP contribution in [0.4, 0.5) is 0 Å². The van der Waals surface area contributed by atoms with Crippen molar-refractivity contribution in [2.24, 2.45) is 0 Å². The highest BCUT2D eigenvalue weighted by molar-refractivity contribution is 5.77. The van der Waals surface area contributed by atoms with Gasteiger partial charge in [-0.3, -0.25) is 9.36 Å². The van der Waals surface area contributed by atoms with Crippen LogP contribution in [0.3, 0.4) is 0 Å². The van der Waals surface area contributed by atoms with E-state index in [-0.39, 0.29) is 5.56 Å². The molecule has 0 atom stereocenters. The van der Waals surface area contributed by atoms with Crippen molar-refractivity contribution in [2.75, 3.05) is 0 Å². The number of hydrogen-bond donors (Lipinski definition) is 0. The number of aryl methyl sites for hydroxylation is 2. The van der Waals surface area contributed by atoms with Crippen molar-refractivity contribution < 1.29 is 0 Å². The number of rotatable bonds is 5. The summed E-state index contributed by atoms with van der Waals surface area (Å²) in [7, 11) is 0. The first-order valence-electron chi connectivity index (χ1n) is 9.39. The van der Waals surface area contributed by atoms with E-state index < -0.39 is 0 Å². The molecule has 1 heterocycles. The Bertz CT molecular complexity index is 1070. The Morgan fingerprint density at radius 2 is 1.67 bits per heavy atom. The first-order valence-corrected chi connectivity index (χ1v) is 9.39. The number of para-hydroxylation sites is 1. The number of pyridine rings is 1. The third-order valence-electron chi connectivity index (χ3n) is 5.05. The Morgan fingerprint density at radius 3 is 2.37 bits per heavy atom. The van der Waals surface area contributed by atoms with Gasteiger partial charge in [0.25, 0.3) is 5.56 Å². The van der Waals surface area contributed by atoms with Crippen molar-refractivity contribution in [3.63, 3.8) is 0 Å². The van der Waals surface area contributed by atoms with Crippen LogP contribution in [-0.4, -0.2) is 4.57 Å². The lowest BCUT2D eigenvalue weighted by Crippen LogP contribution is -2.25. The predicted octanol–water partition coefficient (Wildman–Crippen LogP) is 5.34. The fourth-order valence-corrected chi connectivity index (χ4v) is 3.41. The van der Waals surface area contributed by atoms with Gasteiger partial charge in [-0.1, -0.05) is 49.7 Å². The summed E-state index contributed by atoms with van der Waals surface area (Å²) < 4.78 is 1.83. The number of nitriles is 1. The highest BCUT2D eigenvalue weighted by Gasteiger charge is 2.16. The molecule has 0 saturated heterocycles. The molecule has 1 aromatic heterocycles. The van der Waals surface area contributed by atoms with E-state index in [1.54, 1.807) is 0 Å². The van der Waals surface area contributed by atoms with E-state index in [0.29, 0.717) is 5.56 Å². The molecule has 136 valence electrons. The molecule has 0 radical (unpaired) electrons. The monoisotopic (exact) mass is 356 g/mol. The first-order chi connectivity index (χ1) is 13.1. The summed E-state index contributed by atoms with van der Waals surface area (Å²) in [5, 5.41) is 9.53. The molecule has 3 aromatic rings. The Kier molecular flexibility index (Phi) is 5.57. The number of hydrogen-bond acceptors (Lipinski definition) is 2. The zero-order chi connectivity index (χ0) is 19.4. The molecule has 0 fully saturated rings. The smallest absolute Gasteiger partial charge is 0.258 e. The highest BCUT2D eigenvalue weighted by Crippen LogP contribution is 2.30. The summed E-state index contributed by atoms with van der Waals surface area (Å²) in [6.45, 7) is 6.03. The van der Waals surface area contributed by atoms with Crippen molar-refractivity contribution in [3.05, 3.63) is 87.3 Å². The maximum absolute atomic E-state index is 13.2. The van der Waals surface area contributed by atoms with Crippen molar-refractivity contribution in [3.8, 4) is 22.9 Å². The quantitative estimate of drug-likeness (QED) is 0.620. The van der Waals surface area contributed by atoms with Gasteiger partial charge in [0.15, 0.2) is 0 Å². The minimum atomic E-state index is 0.0167. The molecular weight excluding hydrogens is 332 g/mol. The zero-order valence-electron chi connectivity index (χ0n) is 16.1. The summed E-state index contributed by atoms with van der Waals surface area (Å²) in [5.74, 6) is 0. The third-order valence-corrected chi connectivity index (χ3v) is 5.05. The molecule has 0 aliphatic carbocycles. The van der Waals surface area contributed by atoms with Gasteiger partial charge in [0.2, 0.25) is 0 Å². The Balaban J connectivity index is 2.32. The standard InChI is InChI=1S/C24H24N2O/c1-4-5-11-20-15-17(2)18(3)24(27)26(20)23-14-9-8-13-22(23)21-12-7-6-10-19(21)16-25/h6-10,12-15H,4-5,11H2,1-3H3. The number of benzene rings is 2. The minimum Gasteiger partial charge on any atom is -0.280 e. The predicted molar refractivity (Wildman–Crippen MR) is 110 cm³/mol. The SMILES string of the molecule is CCCCc1cc(C)c(C)c(=O)n1-c1ccccc1-c1ccccc1C#N. The fraction of sp³-hybridized carbons (Fsp3) is 0.250. The largest absolute Gasteiger partial charge is 0.280 e. The molecule has 0 saturated carbocycles. The zero-order valence-corrected chi connectivity index (χ0v) is 16.1. The minimum absolute atomic E-state index is 0.0167. The van der Waals surface area contributed by atoms with Crippen molar-refractivity contribution in [1.82, 2.24) is 4.57 Å². The molecule has 0 spiro atoms. The van der Waals surface area contributed by atoms with E-state index in [0.717, 1.165) is 52.9 Å². The molecule has 0 aliphatic heterocycles. The molecule has 3 heteroatoms. The third kappa shape index (κ3) is 3.57. The van der Waals surface area contributed by atoms with Gasteiger partial charge in [-0.05, 0) is 50.5 Å². The van der Waals surface area contributed by atoms with Crippen LogP contribution in [0.15, 0.2) is 59.4 Å². The number of nitrogens with zero attached hydrogens (tertiary/aromatic N) is 2. The average molecular weight is 356 g/mol. The summed E-state index contributed by atoms with van der Waals surface area (Å²) in [6, 6.07) is 19.8. The Hall–Kier alpha value is -3.12. The van der Waals surface area contributed by atoms with Gasteiger partial charge < -0.3 is 0 Å². The Morgan fingerprint density at radius 1 is 1.00 bits per heavy atom. The molecule has 0 aliphatic rings. The van der Waals surface area contributed by atoms with Gasteiger partial charge in [0.05, 0.1) is 17.3 Å². The van der Waals surface area contributed by atoms with Crippen molar-refractivity contribution in [1.29, 1.82) is 5.26 Å². The lowest BCUT2D eigenvalue weighted by Gasteiger charge is -2.19.